The van der Waals surface area contributed by atoms with Crippen molar-refractivity contribution < 1.29 is 9.84 Å². The molecule has 3 nitrogen and oxygen atoms in total. The first kappa shape index (κ1) is 13.1. The second kappa shape index (κ2) is 4.72. The summed E-state index contributed by atoms with van der Waals surface area (Å²) in [5.74, 6) is 0. The molecule has 96 valence electrons. The predicted octanol–water partition coefficient (Wildman–Crippen LogP) is 2.58. The lowest BCUT2D eigenvalue weighted by Gasteiger charge is -2.28. The van der Waals surface area contributed by atoms with Crippen LogP contribution in [0, 0.1) is 37.5 Å². The Morgan fingerprint density at radius 1 is 1.33 bits per heavy atom. The molecule has 2 rings (SSSR count). The van der Waals surface area contributed by atoms with E-state index in [1.165, 1.54) is 5.56 Å². The second-order valence-corrected chi connectivity index (χ2v) is 5.29. The van der Waals surface area contributed by atoms with Crippen LogP contribution in [-0.4, -0.2) is 18.3 Å². The minimum absolute atomic E-state index is 0.317. The molecule has 1 aliphatic rings. The van der Waals surface area contributed by atoms with Gasteiger partial charge in [-0.05, 0) is 43.9 Å². The molecular formula is C15H19NO2. The Morgan fingerprint density at radius 3 is 2.39 bits per heavy atom. The van der Waals surface area contributed by atoms with E-state index in [0.717, 1.165) is 16.7 Å². The summed E-state index contributed by atoms with van der Waals surface area (Å²) >= 11 is 0. The molecule has 18 heavy (non-hydrogen) atoms. The van der Waals surface area contributed by atoms with Crippen molar-refractivity contribution in [3.05, 3.63) is 34.4 Å². The summed E-state index contributed by atoms with van der Waals surface area (Å²) in [4.78, 5) is 0. The second-order valence-electron chi connectivity index (χ2n) is 5.29. The van der Waals surface area contributed by atoms with E-state index in [1.807, 2.05) is 32.9 Å². The van der Waals surface area contributed by atoms with Crippen molar-refractivity contribution in [1.29, 1.82) is 5.26 Å². The highest BCUT2D eigenvalue weighted by Crippen LogP contribution is 2.42. The summed E-state index contributed by atoms with van der Waals surface area (Å²) in [5, 5.41) is 20.0. The SMILES string of the molecule is Cc1cc(C)c(C(O)C2(C#N)CCOC2)c(C)c1. The quantitative estimate of drug-likeness (QED) is 0.871. The average Bonchev–Trinajstić information content (AvgIpc) is 2.77. The summed E-state index contributed by atoms with van der Waals surface area (Å²) in [6.07, 6.45) is -0.178. The number of hydrogen-bond donors (Lipinski definition) is 1. The van der Waals surface area contributed by atoms with E-state index in [1.54, 1.807) is 0 Å². The fourth-order valence-electron chi connectivity index (χ4n) is 2.84. The predicted molar refractivity (Wildman–Crippen MR) is 69.1 cm³/mol. The highest BCUT2D eigenvalue weighted by molar-refractivity contribution is 5.40. The first-order valence-electron chi connectivity index (χ1n) is 6.25. The number of hydrogen-bond acceptors (Lipinski definition) is 3. The molecule has 1 aromatic carbocycles. The van der Waals surface area contributed by atoms with Gasteiger partial charge in [0.1, 0.15) is 11.5 Å². The number of nitriles is 1. The molecule has 3 heteroatoms. The van der Waals surface area contributed by atoms with E-state index < -0.39 is 11.5 Å². The Balaban J connectivity index is 2.46. The molecule has 2 atom stereocenters. The van der Waals surface area contributed by atoms with E-state index in [0.29, 0.717) is 19.6 Å². The number of aliphatic hydroxyl groups excluding tert-OH is 1. The first-order valence-corrected chi connectivity index (χ1v) is 6.25. The molecule has 0 radical (unpaired) electrons. The van der Waals surface area contributed by atoms with Gasteiger partial charge in [0.25, 0.3) is 0 Å². The van der Waals surface area contributed by atoms with E-state index >= 15 is 0 Å². The van der Waals surface area contributed by atoms with Gasteiger partial charge in [-0.1, -0.05) is 17.7 Å². The molecule has 2 unspecified atom stereocenters. The maximum absolute atomic E-state index is 10.6. The van der Waals surface area contributed by atoms with Crippen molar-refractivity contribution in [2.45, 2.75) is 33.3 Å². The van der Waals surface area contributed by atoms with Crippen LogP contribution in [0.4, 0.5) is 0 Å². The average molecular weight is 245 g/mol. The fourth-order valence-corrected chi connectivity index (χ4v) is 2.84. The maximum Gasteiger partial charge on any atom is 0.113 e. The lowest BCUT2D eigenvalue weighted by Crippen LogP contribution is -2.29. The van der Waals surface area contributed by atoms with Gasteiger partial charge in [0, 0.05) is 6.61 Å². The Kier molecular flexibility index (Phi) is 3.43. The molecule has 0 amide bonds. The van der Waals surface area contributed by atoms with Gasteiger partial charge in [-0.25, -0.2) is 0 Å². The summed E-state index contributed by atoms with van der Waals surface area (Å²) in [7, 11) is 0. The van der Waals surface area contributed by atoms with Crippen molar-refractivity contribution in [2.75, 3.05) is 13.2 Å². The molecule has 0 aliphatic carbocycles. The molecule has 1 saturated heterocycles. The van der Waals surface area contributed by atoms with Crippen molar-refractivity contribution in [2.24, 2.45) is 5.41 Å². The standard InChI is InChI=1S/C15H19NO2/c1-10-6-11(2)13(12(3)7-10)14(17)15(8-16)4-5-18-9-15/h6-7,14,17H,4-5,9H2,1-3H3. The van der Waals surface area contributed by atoms with Gasteiger partial charge in [-0.2, -0.15) is 5.26 Å². The minimum atomic E-state index is -0.787. The zero-order valence-electron chi connectivity index (χ0n) is 11.2. The Morgan fingerprint density at radius 2 is 1.94 bits per heavy atom. The van der Waals surface area contributed by atoms with Crippen LogP contribution in [0.1, 0.15) is 34.8 Å². The number of ether oxygens (including phenoxy) is 1. The van der Waals surface area contributed by atoms with Crippen molar-refractivity contribution in [3.63, 3.8) is 0 Å². The zero-order chi connectivity index (χ0) is 13.3. The van der Waals surface area contributed by atoms with Crippen molar-refractivity contribution >= 4 is 0 Å². The van der Waals surface area contributed by atoms with Crippen LogP contribution in [-0.2, 0) is 4.74 Å². The normalized spacial score (nSPS) is 24.8. The van der Waals surface area contributed by atoms with E-state index in [9.17, 15) is 10.4 Å². The number of aliphatic hydroxyl groups is 1. The smallest absolute Gasteiger partial charge is 0.113 e. The van der Waals surface area contributed by atoms with Crippen LogP contribution in [0.25, 0.3) is 0 Å². The number of benzene rings is 1. The molecule has 0 saturated carbocycles. The van der Waals surface area contributed by atoms with E-state index in [-0.39, 0.29) is 0 Å². The molecule has 1 N–H and O–H groups in total. The van der Waals surface area contributed by atoms with Gasteiger partial charge in [-0.3, -0.25) is 0 Å². The highest BCUT2D eigenvalue weighted by Gasteiger charge is 2.43. The van der Waals surface area contributed by atoms with Crippen LogP contribution in [0.15, 0.2) is 12.1 Å². The summed E-state index contributed by atoms with van der Waals surface area (Å²) in [6.45, 7) is 6.87. The third-order valence-corrected chi connectivity index (χ3v) is 3.81. The third-order valence-electron chi connectivity index (χ3n) is 3.81. The maximum atomic E-state index is 10.6. The number of nitrogens with zero attached hydrogens (tertiary/aromatic N) is 1. The van der Waals surface area contributed by atoms with Crippen LogP contribution < -0.4 is 0 Å². The van der Waals surface area contributed by atoms with Gasteiger partial charge in [-0.15, -0.1) is 0 Å². The molecule has 0 bridgehead atoms. The van der Waals surface area contributed by atoms with Gasteiger partial charge in [0.2, 0.25) is 0 Å². The number of aryl methyl sites for hydroxylation is 3. The topological polar surface area (TPSA) is 53.2 Å². The largest absolute Gasteiger partial charge is 0.387 e. The highest BCUT2D eigenvalue weighted by atomic mass is 16.5. The molecule has 1 fully saturated rings. The van der Waals surface area contributed by atoms with E-state index in [4.69, 9.17) is 4.74 Å². The van der Waals surface area contributed by atoms with Crippen LogP contribution in [0.5, 0.6) is 0 Å². The summed E-state index contributed by atoms with van der Waals surface area (Å²) in [6, 6.07) is 6.37. The molecule has 1 heterocycles. The van der Waals surface area contributed by atoms with Crippen LogP contribution in [0.3, 0.4) is 0 Å². The molecule has 1 aromatic rings. The van der Waals surface area contributed by atoms with Gasteiger partial charge in [0.05, 0.1) is 12.7 Å². The summed E-state index contributed by atoms with van der Waals surface area (Å²) in [5.41, 5.74) is 3.36. The fraction of sp³-hybridized carbons (Fsp3) is 0.533. The minimum Gasteiger partial charge on any atom is -0.387 e. The monoisotopic (exact) mass is 245 g/mol. The third kappa shape index (κ3) is 2.03. The molecular weight excluding hydrogens is 226 g/mol. The van der Waals surface area contributed by atoms with Crippen molar-refractivity contribution in [3.8, 4) is 6.07 Å². The van der Waals surface area contributed by atoms with Gasteiger partial charge in [0.15, 0.2) is 0 Å². The Labute approximate surface area is 108 Å². The lowest BCUT2D eigenvalue weighted by atomic mass is 9.77. The van der Waals surface area contributed by atoms with E-state index in [2.05, 4.69) is 6.07 Å². The van der Waals surface area contributed by atoms with Crippen molar-refractivity contribution in [1.82, 2.24) is 0 Å². The van der Waals surface area contributed by atoms with Gasteiger partial charge >= 0.3 is 0 Å². The first-order chi connectivity index (χ1) is 8.50. The Bertz CT molecular complexity index is 473. The number of rotatable bonds is 2. The van der Waals surface area contributed by atoms with Crippen LogP contribution >= 0.6 is 0 Å². The zero-order valence-corrected chi connectivity index (χ0v) is 11.2. The van der Waals surface area contributed by atoms with Crippen LogP contribution in [0.2, 0.25) is 0 Å². The Hall–Kier alpha value is -1.37. The molecule has 0 spiro atoms. The summed E-state index contributed by atoms with van der Waals surface area (Å²) < 4.78 is 5.31. The lowest BCUT2D eigenvalue weighted by molar-refractivity contribution is 0.0495. The van der Waals surface area contributed by atoms with Gasteiger partial charge < -0.3 is 9.84 Å². The molecule has 0 aromatic heterocycles. The molecule has 1 aliphatic heterocycles.